The number of piperidine rings is 1. The predicted octanol–water partition coefficient (Wildman–Crippen LogP) is 0.988. The van der Waals surface area contributed by atoms with E-state index in [1.807, 2.05) is 18.2 Å². The van der Waals surface area contributed by atoms with Gasteiger partial charge in [0.05, 0.1) is 0 Å². The first-order valence-electron chi connectivity index (χ1n) is 8.74. The van der Waals surface area contributed by atoms with E-state index in [0.717, 1.165) is 19.4 Å². The summed E-state index contributed by atoms with van der Waals surface area (Å²) in [6.45, 7) is 3.20. The molecule has 0 aromatic heterocycles. The minimum atomic E-state index is -3.72. The molecule has 25 heavy (non-hydrogen) atoms. The van der Waals surface area contributed by atoms with Crippen LogP contribution in [0.1, 0.15) is 24.8 Å². The van der Waals surface area contributed by atoms with Gasteiger partial charge in [0.1, 0.15) is 6.04 Å². The number of carboxylic acid groups (broad SMARTS) is 1. The first-order valence-corrected chi connectivity index (χ1v) is 10.1. The Labute approximate surface area is 149 Å². The molecule has 2 aliphatic rings. The highest BCUT2D eigenvalue weighted by Gasteiger charge is 2.40. The molecule has 3 rings (SSSR count). The van der Waals surface area contributed by atoms with Crippen LogP contribution in [-0.2, 0) is 21.5 Å². The van der Waals surface area contributed by atoms with Crippen molar-refractivity contribution in [3.8, 4) is 0 Å². The fourth-order valence-corrected chi connectivity index (χ4v) is 5.33. The van der Waals surface area contributed by atoms with Gasteiger partial charge >= 0.3 is 5.97 Å². The molecule has 2 fully saturated rings. The monoisotopic (exact) mass is 367 g/mol. The lowest BCUT2D eigenvalue weighted by molar-refractivity contribution is -0.142. The van der Waals surface area contributed by atoms with Crippen LogP contribution in [0, 0.1) is 0 Å². The van der Waals surface area contributed by atoms with E-state index in [4.69, 9.17) is 0 Å². The van der Waals surface area contributed by atoms with Gasteiger partial charge in [0.15, 0.2) is 0 Å². The Morgan fingerprint density at radius 2 is 1.72 bits per heavy atom. The molecule has 2 aliphatic heterocycles. The average molecular weight is 367 g/mol. The summed E-state index contributed by atoms with van der Waals surface area (Å²) >= 11 is 0. The number of hydrogen-bond donors (Lipinski definition) is 1. The minimum absolute atomic E-state index is 0.295. The van der Waals surface area contributed by atoms with Gasteiger partial charge in [-0.3, -0.25) is 9.69 Å². The SMILES string of the molecule is O=C(O)C1CCCCN1S(=O)(=O)N1CCN(Cc2ccccc2)CC1. The Morgan fingerprint density at radius 1 is 1.04 bits per heavy atom. The lowest BCUT2D eigenvalue weighted by Crippen LogP contribution is -2.57. The fourth-order valence-electron chi connectivity index (χ4n) is 3.54. The van der Waals surface area contributed by atoms with Gasteiger partial charge in [-0.15, -0.1) is 0 Å². The number of hydrogen-bond acceptors (Lipinski definition) is 4. The molecule has 1 N–H and O–H groups in total. The lowest BCUT2D eigenvalue weighted by Gasteiger charge is -2.39. The number of aliphatic carboxylic acids is 1. The van der Waals surface area contributed by atoms with Crippen molar-refractivity contribution >= 4 is 16.2 Å². The molecule has 0 bridgehead atoms. The molecule has 2 saturated heterocycles. The summed E-state index contributed by atoms with van der Waals surface area (Å²) in [7, 11) is -3.72. The van der Waals surface area contributed by atoms with Crippen molar-refractivity contribution < 1.29 is 18.3 Å². The van der Waals surface area contributed by atoms with Crippen LogP contribution >= 0.6 is 0 Å². The molecule has 138 valence electrons. The molecule has 0 radical (unpaired) electrons. The van der Waals surface area contributed by atoms with Crippen LogP contribution in [0.5, 0.6) is 0 Å². The van der Waals surface area contributed by atoms with Crippen molar-refractivity contribution in [2.75, 3.05) is 32.7 Å². The van der Waals surface area contributed by atoms with Crippen molar-refractivity contribution in [3.63, 3.8) is 0 Å². The van der Waals surface area contributed by atoms with Crippen LogP contribution in [0.2, 0.25) is 0 Å². The third-order valence-corrected chi connectivity index (χ3v) is 6.99. The topological polar surface area (TPSA) is 81.2 Å². The molecule has 0 aliphatic carbocycles. The smallest absolute Gasteiger partial charge is 0.322 e. The Balaban J connectivity index is 1.62. The average Bonchev–Trinajstić information content (AvgIpc) is 2.63. The predicted molar refractivity (Wildman–Crippen MR) is 94.2 cm³/mol. The zero-order valence-corrected chi connectivity index (χ0v) is 15.1. The number of piperazine rings is 1. The number of carbonyl (C=O) groups is 1. The van der Waals surface area contributed by atoms with Gasteiger partial charge in [-0.05, 0) is 24.8 Å². The molecule has 0 amide bonds. The highest BCUT2D eigenvalue weighted by molar-refractivity contribution is 7.86. The van der Waals surface area contributed by atoms with Crippen LogP contribution in [0.15, 0.2) is 30.3 Å². The van der Waals surface area contributed by atoms with Gasteiger partial charge in [0.2, 0.25) is 0 Å². The van der Waals surface area contributed by atoms with Crippen molar-refractivity contribution in [2.45, 2.75) is 31.8 Å². The van der Waals surface area contributed by atoms with E-state index < -0.39 is 22.2 Å². The molecular weight excluding hydrogens is 342 g/mol. The molecule has 1 unspecified atom stereocenters. The van der Waals surface area contributed by atoms with Crippen molar-refractivity contribution in [1.29, 1.82) is 0 Å². The summed E-state index contributed by atoms with van der Waals surface area (Å²) in [4.78, 5) is 13.6. The summed E-state index contributed by atoms with van der Waals surface area (Å²) in [5.74, 6) is -1.05. The van der Waals surface area contributed by atoms with Gasteiger partial charge < -0.3 is 5.11 Å². The standard InChI is InChI=1S/C17H25N3O4S/c21-17(22)16-8-4-5-9-20(16)25(23,24)19-12-10-18(11-13-19)14-15-6-2-1-3-7-15/h1-3,6-7,16H,4-5,8-14H2,(H,21,22). The molecule has 1 atom stereocenters. The van der Waals surface area contributed by atoms with Crippen LogP contribution < -0.4 is 0 Å². The van der Waals surface area contributed by atoms with Crippen molar-refractivity contribution in [3.05, 3.63) is 35.9 Å². The van der Waals surface area contributed by atoms with Gasteiger partial charge in [0, 0.05) is 39.3 Å². The second-order valence-corrected chi connectivity index (χ2v) is 8.51. The molecule has 8 heteroatoms. The van der Waals surface area contributed by atoms with Gasteiger partial charge in [0.25, 0.3) is 10.2 Å². The normalized spacial score (nSPS) is 24.2. The van der Waals surface area contributed by atoms with E-state index >= 15 is 0 Å². The molecule has 7 nitrogen and oxygen atoms in total. The van der Waals surface area contributed by atoms with Crippen LogP contribution in [0.25, 0.3) is 0 Å². The first-order chi connectivity index (χ1) is 12.0. The largest absolute Gasteiger partial charge is 0.480 e. The Bertz CT molecular complexity index is 687. The number of benzene rings is 1. The lowest BCUT2D eigenvalue weighted by atomic mass is 10.1. The quantitative estimate of drug-likeness (QED) is 0.839. The zero-order valence-electron chi connectivity index (χ0n) is 14.2. The zero-order chi connectivity index (χ0) is 17.9. The Kier molecular flexibility index (Phi) is 5.73. The van der Waals surface area contributed by atoms with E-state index in [-0.39, 0.29) is 0 Å². The summed E-state index contributed by atoms with van der Waals surface area (Å²) in [5.41, 5.74) is 1.21. The molecule has 0 saturated carbocycles. The highest BCUT2D eigenvalue weighted by Crippen LogP contribution is 2.24. The number of carboxylic acids is 1. The molecule has 0 spiro atoms. The van der Waals surface area contributed by atoms with Crippen LogP contribution in [-0.4, -0.2) is 71.8 Å². The van der Waals surface area contributed by atoms with E-state index in [2.05, 4.69) is 17.0 Å². The maximum Gasteiger partial charge on any atom is 0.322 e. The van der Waals surface area contributed by atoms with Crippen molar-refractivity contribution in [1.82, 2.24) is 13.5 Å². The van der Waals surface area contributed by atoms with Crippen molar-refractivity contribution in [2.24, 2.45) is 0 Å². The van der Waals surface area contributed by atoms with E-state index in [0.29, 0.717) is 39.1 Å². The summed E-state index contributed by atoms with van der Waals surface area (Å²) in [6.07, 6.45) is 1.87. The summed E-state index contributed by atoms with van der Waals surface area (Å²) in [6, 6.07) is 9.17. The Hall–Kier alpha value is -1.48. The third-order valence-electron chi connectivity index (χ3n) is 4.94. The van der Waals surface area contributed by atoms with Gasteiger partial charge in [-0.2, -0.15) is 17.0 Å². The Morgan fingerprint density at radius 3 is 2.36 bits per heavy atom. The summed E-state index contributed by atoms with van der Waals surface area (Å²) in [5, 5.41) is 9.34. The molecular formula is C17H25N3O4S. The van der Waals surface area contributed by atoms with Crippen LogP contribution in [0.4, 0.5) is 0 Å². The minimum Gasteiger partial charge on any atom is -0.480 e. The molecule has 2 heterocycles. The van der Waals surface area contributed by atoms with Crippen LogP contribution in [0.3, 0.4) is 0 Å². The second-order valence-electron chi connectivity index (χ2n) is 6.63. The summed E-state index contributed by atoms with van der Waals surface area (Å²) < 4.78 is 28.4. The number of nitrogens with zero attached hydrogens (tertiary/aromatic N) is 3. The second kappa shape index (κ2) is 7.82. The van der Waals surface area contributed by atoms with E-state index in [1.165, 1.54) is 14.2 Å². The maximum absolute atomic E-state index is 12.9. The molecule has 1 aromatic rings. The van der Waals surface area contributed by atoms with E-state index in [9.17, 15) is 18.3 Å². The molecule has 1 aromatic carbocycles. The van der Waals surface area contributed by atoms with E-state index in [1.54, 1.807) is 0 Å². The third kappa shape index (κ3) is 4.20. The first kappa shape index (κ1) is 18.3. The number of rotatable bonds is 5. The van der Waals surface area contributed by atoms with Gasteiger partial charge in [-0.1, -0.05) is 30.3 Å². The maximum atomic E-state index is 12.9. The highest BCUT2D eigenvalue weighted by atomic mass is 32.2. The fraction of sp³-hybridized carbons (Fsp3) is 0.588. The van der Waals surface area contributed by atoms with Gasteiger partial charge in [-0.25, -0.2) is 0 Å².